The van der Waals surface area contributed by atoms with Crippen LogP contribution in [-0.4, -0.2) is 16.0 Å². The van der Waals surface area contributed by atoms with Gasteiger partial charge in [-0.15, -0.1) is 0 Å². The fourth-order valence-electron chi connectivity index (χ4n) is 2.13. The number of phenolic OH excluding ortho intramolecular Hbond substituents is 2. The molecule has 3 nitrogen and oxygen atoms in total. The van der Waals surface area contributed by atoms with Gasteiger partial charge in [-0.3, -0.25) is 4.79 Å². The van der Waals surface area contributed by atoms with Crippen molar-refractivity contribution in [3.8, 4) is 11.5 Å². The number of unbranched alkanes of at least 4 members (excludes halogenated alkanes) is 6. The molecule has 3 heteroatoms. The van der Waals surface area contributed by atoms with Crippen molar-refractivity contribution < 1.29 is 15.0 Å². The maximum absolute atomic E-state index is 11.9. The molecular formula is C16H24O3. The minimum absolute atomic E-state index is 0.0954. The van der Waals surface area contributed by atoms with E-state index in [-0.39, 0.29) is 22.8 Å². The topological polar surface area (TPSA) is 57.5 Å². The Morgan fingerprint density at radius 3 is 2.32 bits per heavy atom. The summed E-state index contributed by atoms with van der Waals surface area (Å²) < 4.78 is 0. The first-order valence-corrected chi connectivity index (χ1v) is 7.21. The number of rotatable bonds is 9. The summed E-state index contributed by atoms with van der Waals surface area (Å²) in [7, 11) is 0. The van der Waals surface area contributed by atoms with E-state index in [2.05, 4.69) is 6.92 Å². The average Bonchev–Trinajstić information content (AvgIpc) is 2.40. The molecule has 0 amide bonds. The van der Waals surface area contributed by atoms with Crippen molar-refractivity contribution in [1.29, 1.82) is 0 Å². The van der Waals surface area contributed by atoms with Crippen molar-refractivity contribution in [2.45, 2.75) is 58.3 Å². The van der Waals surface area contributed by atoms with Gasteiger partial charge in [-0.25, -0.2) is 0 Å². The molecule has 0 heterocycles. The summed E-state index contributed by atoms with van der Waals surface area (Å²) >= 11 is 0. The van der Waals surface area contributed by atoms with Gasteiger partial charge in [-0.1, -0.05) is 51.5 Å². The lowest BCUT2D eigenvalue weighted by Gasteiger charge is -2.05. The molecule has 0 aliphatic heterocycles. The maximum Gasteiger partial charge on any atom is 0.168 e. The van der Waals surface area contributed by atoms with E-state index in [9.17, 15) is 15.0 Å². The zero-order valence-corrected chi connectivity index (χ0v) is 11.7. The van der Waals surface area contributed by atoms with Gasteiger partial charge in [0, 0.05) is 6.42 Å². The predicted octanol–water partition coefficient (Wildman–Crippen LogP) is 4.42. The van der Waals surface area contributed by atoms with Gasteiger partial charge in [0.15, 0.2) is 17.3 Å². The van der Waals surface area contributed by atoms with Crippen LogP contribution >= 0.6 is 0 Å². The standard InChI is InChI=1S/C16H24O3/c1-2-3-4-5-6-7-8-11-14(17)13-10-9-12-15(18)16(13)19/h9-10,12,18-19H,2-8,11H2,1H3. The van der Waals surface area contributed by atoms with E-state index in [1.54, 1.807) is 12.1 Å². The molecule has 0 saturated carbocycles. The highest BCUT2D eigenvalue weighted by atomic mass is 16.3. The van der Waals surface area contributed by atoms with Gasteiger partial charge in [-0.2, -0.15) is 0 Å². The highest BCUT2D eigenvalue weighted by Gasteiger charge is 2.13. The van der Waals surface area contributed by atoms with Crippen LogP contribution in [0, 0.1) is 0 Å². The Hall–Kier alpha value is -1.51. The molecule has 0 fully saturated rings. The summed E-state index contributed by atoms with van der Waals surface area (Å²) in [5.41, 5.74) is 0.228. The van der Waals surface area contributed by atoms with Crippen molar-refractivity contribution >= 4 is 5.78 Å². The quantitative estimate of drug-likeness (QED) is 0.394. The monoisotopic (exact) mass is 264 g/mol. The second-order valence-corrected chi connectivity index (χ2v) is 4.97. The first-order valence-electron chi connectivity index (χ1n) is 7.21. The summed E-state index contributed by atoms with van der Waals surface area (Å²) in [5, 5.41) is 18.9. The van der Waals surface area contributed by atoms with Crippen LogP contribution in [0.3, 0.4) is 0 Å². The second-order valence-electron chi connectivity index (χ2n) is 4.97. The number of Topliss-reactive ketones (excluding diaryl/α,β-unsaturated/α-hetero) is 1. The SMILES string of the molecule is CCCCCCCCCC(=O)c1cccc(O)c1O. The van der Waals surface area contributed by atoms with Crippen molar-refractivity contribution in [2.24, 2.45) is 0 Å². The van der Waals surface area contributed by atoms with Crippen LogP contribution in [-0.2, 0) is 0 Å². The number of benzene rings is 1. The van der Waals surface area contributed by atoms with E-state index in [1.807, 2.05) is 0 Å². The molecule has 1 rings (SSSR count). The summed E-state index contributed by atoms with van der Waals surface area (Å²) in [6, 6.07) is 4.51. The third kappa shape index (κ3) is 5.33. The number of phenols is 2. The molecule has 0 saturated heterocycles. The van der Waals surface area contributed by atoms with Gasteiger partial charge in [0.1, 0.15) is 0 Å². The summed E-state index contributed by atoms with van der Waals surface area (Å²) in [4.78, 5) is 11.9. The fourth-order valence-corrected chi connectivity index (χ4v) is 2.13. The Balaban J connectivity index is 2.26. The van der Waals surface area contributed by atoms with Crippen LogP contribution in [0.4, 0.5) is 0 Å². The zero-order valence-electron chi connectivity index (χ0n) is 11.7. The summed E-state index contributed by atoms with van der Waals surface area (Å²) in [6.07, 6.45) is 8.54. The lowest BCUT2D eigenvalue weighted by atomic mass is 10.0. The van der Waals surface area contributed by atoms with Gasteiger partial charge in [0.05, 0.1) is 5.56 Å². The third-order valence-electron chi connectivity index (χ3n) is 3.32. The summed E-state index contributed by atoms with van der Waals surface area (Å²) in [6.45, 7) is 2.19. The predicted molar refractivity (Wildman–Crippen MR) is 76.7 cm³/mol. The van der Waals surface area contributed by atoms with Crippen LogP contribution in [0.2, 0.25) is 0 Å². The van der Waals surface area contributed by atoms with Crippen LogP contribution in [0.25, 0.3) is 0 Å². The van der Waals surface area contributed by atoms with E-state index < -0.39 is 0 Å². The molecule has 1 aromatic rings. The first-order chi connectivity index (χ1) is 9.16. The van der Waals surface area contributed by atoms with E-state index in [4.69, 9.17) is 0 Å². The number of hydrogen-bond acceptors (Lipinski definition) is 3. The van der Waals surface area contributed by atoms with E-state index in [0.717, 1.165) is 12.8 Å². The van der Waals surface area contributed by atoms with Crippen LogP contribution < -0.4 is 0 Å². The number of carbonyl (C=O) groups excluding carboxylic acids is 1. The molecule has 0 atom stereocenters. The first kappa shape index (κ1) is 15.5. The van der Waals surface area contributed by atoms with Crippen LogP contribution in [0.15, 0.2) is 18.2 Å². The highest BCUT2D eigenvalue weighted by Crippen LogP contribution is 2.29. The Bertz CT molecular complexity index is 399. The van der Waals surface area contributed by atoms with Crippen LogP contribution in [0.1, 0.15) is 68.6 Å². The molecule has 106 valence electrons. The lowest BCUT2D eigenvalue weighted by molar-refractivity contribution is 0.0976. The minimum Gasteiger partial charge on any atom is -0.504 e. The lowest BCUT2D eigenvalue weighted by Crippen LogP contribution is -1.99. The number of para-hydroxylation sites is 1. The van der Waals surface area contributed by atoms with Gasteiger partial charge in [0.2, 0.25) is 0 Å². The largest absolute Gasteiger partial charge is 0.504 e. The number of ketones is 1. The van der Waals surface area contributed by atoms with Crippen molar-refractivity contribution in [3.05, 3.63) is 23.8 Å². The van der Waals surface area contributed by atoms with Gasteiger partial charge in [-0.05, 0) is 18.6 Å². The number of hydrogen-bond donors (Lipinski definition) is 2. The molecule has 0 unspecified atom stereocenters. The van der Waals surface area contributed by atoms with Crippen molar-refractivity contribution in [1.82, 2.24) is 0 Å². The van der Waals surface area contributed by atoms with Gasteiger partial charge in [0.25, 0.3) is 0 Å². The molecule has 2 N–H and O–H groups in total. The Labute approximate surface area is 115 Å². The average molecular weight is 264 g/mol. The minimum atomic E-state index is -0.296. The maximum atomic E-state index is 11.9. The normalized spacial score (nSPS) is 10.6. The van der Waals surface area contributed by atoms with E-state index >= 15 is 0 Å². The molecule has 19 heavy (non-hydrogen) atoms. The molecular weight excluding hydrogens is 240 g/mol. The smallest absolute Gasteiger partial charge is 0.168 e. The summed E-state index contributed by atoms with van der Waals surface area (Å²) in [5.74, 6) is -0.622. The van der Waals surface area contributed by atoms with Crippen LogP contribution in [0.5, 0.6) is 11.5 Å². The molecule has 1 aromatic carbocycles. The second kappa shape index (κ2) is 8.57. The number of carbonyl (C=O) groups is 1. The van der Waals surface area contributed by atoms with E-state index in [0.29, 0.717) is 6.42 Å². The number of aromatic hydroxyl groups is 2. The highest BCUT2D eigenvalue weighted by molar-refractivity contribution is 5.99. The molecule has 0 bridgehead atoms. The zero-order chi connectivity index (χ0) is 14.1. The molecule has 0 aliphatic rings. The Morgan fingerprint density at radius 1 is 1.00 bits per heavy atom. The third-order valence-corrected chi connectivity index (χ3v) is 3.32. The van der Waals surface area contributed by atoms with E-state index in [1.165, 1.54) is 38.2 Å². The van der Waals surface area contributed by atoms with Gasteiger partial charge < -0.3 is 10.2 Å². The molecule has 0 aromatic heterocycles. The fraction of sp³-hybridized carbons (Fsp3) is 0.562. The Kier molecular flexibility index (Phi) is 7.01. The van der Waals surface area contributed by atoms with Gasteiger partial charge >= 0.3 is 0 Å². The van der Waals surface area contributed by atoms with Crippen molar-refractivity contribution in [2.75, 3.05) is 0 Å². The molecule has 0 aliphatic carbocycles. The van der Waals surface area contributed by atoms with Crippen molar-refractivity contribution in [3.63, 3.8) is 0 Å². The molecule has 0 spiro atoms. The Morgan fingerprint density at radius 2 is 1.63 bits per heavy atom. The molecule has 0 radical (unpaired) electrons.